The van der Waals surface area contributed by atoms with E-state index in [1.165, 1.54) is 6.07 Å². The van der Waals surface area contributed by atoms with Crippen LogP contribution in [0.2, 0.25) is 5.02 Å². The van der Waals surface area contributed by atoms with Gasteiger partial charge in [-0.3, -0.25) is 19.4 Å². The van der Waals surface area contributed by atoms with Crippen molar-refractivity contribution in [2.45, 2.75) is 38.2 Å². The first kappa shape index (κ1) is 28.4. The molecule has 1 aromatic heterocycles. The van der Waals surface area contributed by atoms with Crippen molar-refractivity contribution >= 4 is 40.3 Å². The Kier molecular flexibility index (Phi) is 8.72. The molecule has 1 saturated carbocycles. The topological polar surface area (TPSA) is 87.6 Å². The second-order valence-corrected chi connectivity index (χ2v) is 10.8. The van der Waals surface area contributed by atoms with Crippen LogP contribution in [0.3, 0.4) is 0 Å². The molecule has 7 heteroatoms. The van der Waals surface area contributed by atoms with Crippen LogP contribution in [0, 0.1) is 5.92 Å². The summed E-state index contributed by atoms with van der Waals surface area (Å²) in [4.78, 5) is 46.9. The van der Waals surface area contributed by atoms with Gasteiger partial charge in [-0.2, -0.15) is 0 Å². The fourth-order valence-corrected chi connectivity index (χ4v) is 5.43. The molecule has 0 saturated heterocycles. The Hall–Kier alpha value is -4.13. The van der Waals surface area contributed by atoms with E-state index in [4.69, 9.17) is 11.6 Å². The molecule has 1 fully saturated rings. The molecule has 1 aliphatic carbocycles. The molecule has 1 aliphatic rings. The number of aromatic nitrogens is 1. The highest BCUT2D eigenvalue weighted by molar-refractivity contribution is 6.30. The maximum Gasteiger partial charge on any atom is 0.211 e. The van der Waals surface area contributed by atoms with E-state index in [0.29, 0.717) is 10.6 Å². The highest BCUT2D eigenvalue weighted by Crippen LogP contribution is 2.31. The van der Waals surface area contributed by atoms with Crippen molar-refractivity contribution in [1.82, 2.24) is 4.98 Å². The van der Waals surface area contributed by atoms with Gasteiger partial charge >= 0.3 is 0 Å². The number of Topliss-reactive ketones (excluding diaryl/α,β-unsaturated/α-hetero) is 2. The molecule has 41 heavy (non-hydrogen) atoms. The molecule has 3 aromatic carbocycles. The summed E-state index contributed by atoms with van der Waals surface area (Å²) >= 11 is 6.00. The lowest BCUT2D eigenvalue weighted by Crippen LogP contribution is -2.23. The van der Waals surface area contributed by atoms with Crippen molar-refractivity contribution in [3.8, 4) is 0 Å². The van der Waals surface area contributed by atoms with Gasteiger partial charge in [0.05, 0.1) is 11.9 Å². The number of nitrogens with zero attached hydrogens (tertiary/aromatic N) is 2. The molecule has 6 nitrogen and oxygen atoms in total. The van der Waals surface area contributed by atoms with Crippen LogP contribution in [0.1, 0.15) is 80.5 Å². The molecule has 1 atom stereocenters. The van der Waals surface area contributed by atoms with E-state index in [-0.39, 0.29) is 39.9 Å². The highest BCUT2D eigenvalue weighted by atomic mass is 35.5. The van der Waals surface area contributed by atoms with Gasteiger partial charge in [-0.25, -0.2) is 0 Å². The largest absolute Gasteiger partial charge is 0.380 e. The number of ketones is 3. The number of aliphatic hydroxyl groups excluding tert-OH is 1. The molecular weight excluding hydrogens is 536 g/mol. The summed E-state index contributed by atoms with van der Waals surface area (Å²) in [5.41, 5.74) is 2.84. The number of hydrogen-bond donors (Lipinski definition) is 1. The number of pyridine rings is 1. The van der Waals surface area contributed by atoms with Crippen LogP contribution in [0.5, 0.6) is 0 Å². The lowest BCUT2D eigenvalue weighted by atomic mass is 9.81. The van der Waals surface area contributed by atoms with E-state index < -0.39 is 11.9 Å². The van der Waals surface area contributed by atoms with Crippen LogP contribution < -0.4 is 4.90 Å². The van der Waals surface area contributed by atoms with Gasteiger partial charge in [0.1, 0.15) is 11.8 Å². The summed E-state index contributed by atoms with van der Waals surface area (Å²) in [5.74, 6) is -1.28. The molecule has 0 radical (unpaired) electrons. The molecule has 1 heterocycles. The van der Waals surface area contributed by atoms with Crippen molar-refractivity contribution < 1.29 is 19.5 Å². The SMILES string of the molecule is CN(c1ccc(Cl)cc1)c1ccc(C(=O)c2ccc(C(=O)C3CCCCC3)c(C(=O)C(O)c3ccccc3)c2)nc1. The maximum absolute atomic E-state index is 13.6. The molecule has 1 N–H and O–H groups in total. The summed E-state index contributed by atoms with van der Waals surface area (Å²) in [6.07, 6.45) is 4.73. The summed E-state index contributed by atoms with van der Waals surface area (Å²) < 4.78 is 0. The fraction of sp³-hybridized carbons (Fsp3) is 0.235. The number of anilines is 2. The van der Waals surface area contributed by atoms with Gasteiger partial charge in [-0.1, -0.05) is 67.3 Å². The number of carbonyl (C=O) groups excluding carboxylic acids is 3. The molecule has 4 aromatic rings. The zero-order chi connectivity index (χ0) is 28.9. The Morgan fingerprint density at radius 2 is 1.54 bits per heavy atom. The standard InChI is InChI=1S/C34H31ClN2O4/c1-37(26-15-13-25(35)14-16-26)27-17-19-30(36-21-27)32(39)24-12-18-28(31(38)22-8-4-2-5-9-22)29(20-24)34(41)33(40)23-10-6-3-7-11-23/h3,6-7,10-22,33,40H,2,4-5,8-9H2,1H3. The number of benzene rings is 3. The average Bonchev–Trinajstić information content (AvgIpc) is 3.04. The Balaban J connectivity index is 1.45. The highest BCUT2D eigenvalue weighted by Gasteiger charge is 2.30. The average molecular weight is 567 g/mol. The number of rotatable bonds is 9. The minimum atomic E-state index is -1.46. The van der Waals surface area contributed by atoms with Crippen molar-refractivity contribution in [2.24, 2.45) is 5.92 Å². The van der Waals surface area contributed by atoms with Crippen molar-refractivity contribution in [3.05, 3.63) is 124 Å². The summed E-state index contributed by atoms with van der Waals surface area (Å²) in [6.45, 7) is 0. The zero-order valence-electron chi connectivity index (χ0n) is 22.8. The molecule has 1 unspecified atom stereocenters. The minimum absolute atomic E-state index is 0.0573. The van der Waals surface area contributed by atoms with Gasteiger partial charge in [0.2, 0.25) is 5.78 Å². The third-order valence-corrected chi connectivity index (χ3v) is 7.99. The van der Waals surface area contributed by atoms with Crippen LogP contribution >= 0.6 is 11.6 Å². The lowest BCUT2D eigenvalue weighted by molar-refractivity contribution is 0.0739. The van der Waals surface area contributed by atoms with E-state index >= 15 is 0 Å². The van der Waals surface area contributed by atoms with Gasteiger partial charge in [0, 0.05) is 40.4 Å². The molecule has 0 spiro atoms. The number of halogens is 1. The lowest BCUT2D eigenvalue weighted by Gasteiger charge is -2.22. The predicted molar refractivity (Wildman–Crippen MR) is 160 cm³/mol. The van der Waals surface area contributed by atoms with E-state index in [2.05, 4.69) is 4.98 Å². The number of hydrogen-bond acceptors (Lipinski definition) is 6. The minimum Gasteiger partial charge on any atom is -0.380 e. The molecule has 5 rings (SSSR count). The summed E-state index contributed by atoms with van der Waals surface area (Å²) in [5, 5.41) is 11.6. The van der Waals surface area contributed by atoms with Crippen molar-refractivity contribution in [1.29, 1.82) is 0 Å². The van der Waals surface area contributed by atoms with Gasteiger partial charge in [0.15, 0.2) is 11.6 Å². The Morgan fingerprint density at radius 3 is 2.20 bits per heavy atom. The van der Waals surface area contributed by atoms with E-state index in [0.717, 1.165) is 43.5 Å². The normalized spacial score (nSPS) is 14.3. The Morgan fingerprint density at radius 1 is 0.854 bits per heavy atom. The first-order chi connectivity index (χ1) is 19.8. The van der Waals surface area contributed by atoms with Gasteiger partial charge in [0.25, 0.3) is 0 Å². The Bertz CT molecular complexity index is 1550. The monoisotopic (exact) mass is 566 g/mol. The van der Waals surface area contributed by atoms with Gasteiger partial charge in [-0.15, -0.1) is 0 Å². The third-order valence-electron chi connectivity index (χ3n) is 7.73. The van der Waals surface area contributed by atoms with E-state index in [9.17, 15) is 19.5 Å². The van der Waals surface area contributed by atoms with Crippen LogP contribution in [-0.2, 0) is 0 Å². The van der Waals surface area contributed by atoms with E-state index in [1.807, 2.05) is 24.1 Å². The number of carbonyl (C=O) groups is 3. The first-order valence-corrected chi connectivity index (χ1v) is 14.2. The molecule has 0 amide bonds. The third kappa shape index (κ3) is 6.29. The molecule has 208 valence electrons. The smallest absolute Gasteiger partial charge is 0.211 e. The van der Waals surface area contributed by atoms with Crippen LogP contribution in [-0.4, -0.2) is 34.5 Å². The summed E-state index contributed by atoms with van der Waals surface area (Å²) in [6, 6.07) is 23.9. The predicted octanol–water partition coefficient (Wildman–Crippen LogP) is 7.41. The maximum atomic E-state index is 13.6. The fourth-order valence-electron chi connectivity index (χ4n) is 5.30. The quantitative estimate of drug-likeness (QED) is 0.212. The Labute approximate surface area is 244 Å². The van der Waals surface area contributed by atoms with Crippen LogP contribution in [0.25, 0.3) is 0 Å². The van der Waals surface area contributed by atoms with Crippen molar-refractivity contribution in [2.75, 3.05) is 11.9 Å². The summed E-state index contributed by atoms with van der Waals surface area (Å²) in [7, 11) is 1.89. The van der Waals surface area contributed by atoms with E-state index in [1.54, 1.807) is 72.9 Å². The van der Waals surface area contributed by atoms with Crippen LogP contribution in [0.4, 0.5) is 11.4 Å². The number of aliphatic hydroxyl groups is 1. The molecular formula is C34H31ClN2O4. The van der Waals surface area contributed by atoms with Gasteiger partial charge < -0.3 is 10.0 Å². The van der Waals surface area contributed by atoms with Gasteiger partial charge in [-0.05, 0) is 66.9 Å². The van der Waals surface area contributed by atoms with Crippen molar-refractivity contribution in [3.63, 3.8) is 0 Å². The van der Waals surface area contributed by atoms with Crippen LogP contribution in [0.15, 0.2) is 91.1 Å². The first-order valence-electron chi connectivity index (χ1n) is 13.8. The zero-order valence-corrected chi connectivity index (χ0v) is 23.6. The molecule has 0 aliphatic heterocycles. The second kappa shape index (κ2) is 12.6. The molecule has 0 bridgehead atoms. The second-order valence-electron chi connectivity index (χ2n) is 10.4.